The van der Waals surface area contributed by atoms with Crippen LogP contribution in [0, 0.1) is 13.8 Å². The van der Waals surface area contributed by atoms with Gasteiger partial charge in [0.05, 0.1) is 20.1 Å². The molecule has 0 spiro atoms. The molecule has 0 aliphatic rings. The van der Waals surface area contributed by atoms with Gasteiger partial charge in [-0.3, -0.25) is 4.79 Å². The molecule has 0 unspecified atom stereocenters. The fourth-order valence-corrected chi connectivity index (χ4v) is 2.21. The van der Waals surface area contributed by atoms with E-state index in [4.69, 9.17) is 9.47 Å². The second kappa shape index (κ2) is 8.22. The topological polar surface area (TPSA) is 47.6 Å². The fourth-order valence-electron chi connectivity index (χ4n) is 2.21. The van der Waals surface area contributed by atoms with Gasteiger partial charge < -0.3 is 14.8 Å². The zero-order chi connectivity index (χ0) is 16.7. The van der Waals surface area contributed by atoms with Crippen LogP contribution in [0.15, 0.2) is 42.5 Å². The monoisotopic (exact) mass is 313 g/mol. The van der Waals surface area contributed by atoms with Gasteiger partial charge in [0.2, 0.25) is 5.91 Å². The number of benzene rings is 2. The zero-order valence-corrected chi connectivity index (χ0v) is 13.9. The molecule has 2 rings (SSSR count). The average molecular weight is 313 g/mol. The van der Waals surface area contributed by atoms with Gasteiger partial charge in [0.25, 0.3) is 0 Å². The first-order valence-electron chi connectivity index (χ1n) is 7.69. The highest BCUT2D eigenvalue weighted by atomic mass is 16.5. The average Bonchev–Trinajstić information content (AvgIpc) is 2.57. The summed E-state index contributed by atoms with van der Waals surface area (Å²) in [5.41, 5.74) is 3.31. The van der Waals surface area contributed by atoms with Gasteiger partial charge in [-0.2, -0.15) is 0 Å². The smallest absolute Gasteiger partial charge is 0.223 e. The van der Waals surface area contributed by atoms with Crippen molar-refractivity contribution in [2.75, 3.05) is 13.7 Å². The Bertz CT molecular complexity index is 667. The van der Waals surface area contributed by atoms with Crippen molar-refractivity contribution in [1.82, 2.24) is 5.32 Å². The van der Waals surface area contributed by atoms with Crippen LogP contribution in [0.2, 0.25) is 0 Å². The predicted molar refractivity (Wildman–Crippen MR) is 90.9 cm³/mol. The van der Waals surface area contributed by atoms with Crippen LogP contribution in [0.5, 0.6) is 11.5 Å². The van der Waals surface area contributed by atoms with Crippen LogP contribution in [-0.4, -0.2) is 19.6 Å². The van der Waals surface area contributed by atoms with Gasteiger partial charge in [-0.05, 0) is 48.7 Å². The maximum atomic E-state index is 11.9. The van der Waals surface area contributed by atoms with Gasteiger partial charge in [0.15, 0.2) is 0 Å². The van der Waals surface area contributed by atoms with E-state index in [-0.39, 0.29) is 5.91 Å². The normalized spacial score (nSPS) is 10.2. The second-order valence-corrected chi connectivity index (χ2v) is 5.42. The van der Waals surface area contributed by atoms with Crippen molar-refractivity contribution in [1.29, 1.82) is 0 Å². The van der Waals surface area contributed by atoms with Crippen molar-refractivity contribution >= 4 is 5.91 Å². The molecule has 0 bridgehead atoms. The van der Waals surface area contributed by atoms with Crippen LogP contribution in [-0.2, 0) is 11.3 Å². The molecule has 0 aliphatic heterocycles. The standard InChI is InChI=1S/C19H23NO3/c1-14-6-4-9-18(15(14)2)23-11-10-19(21)20-13-16-7-5-8-17(12-16)22-3/h4-9,12H,10-11,13H2,1-3H3,(H,20,21). The van der Waals surface area contributed by atoms with Gasteiger partial charge >= 0.3 is 0 Å². The molecule has 0 atom stereocenters. The van der Waals surface area contributed by atoms with Crippen LogP contribution >= 0.6 is 0 Å². The number of rotatable bonds is 7. The highest BCUT2D eigenvalue weighted by molar-refractivity contribution is 5.76. The Kier molecular flexibility index (Phi) is 6.03. The lowest BCUT2D eigenvalue weighted by atomic mass is 10.1. The summed E-state index contributed by atoms with van der Waals surface area (Å²) in [7, 11) is 1.63. The summed E-state index contributed by atoms with van der Waals surface area (Å²) in [6, 6.07) is 13.6. The SMILES string of the molecule is COc1cccc(CNC(=O)CCOc2cccc(C)c2C)c1. The third-order valence-corrected chi connectivity index (χ3v) is 3.77. The molecule has 1 amide bonds. The van der Waals surface area contributed by atoms with Gasteiger partial charge in [-0.25, -0.2) is 0 Å². The van der Waals surface area contributed by atoms with Crippen molar-refractivity contribution < 1.29 is 14.3 Å². The third kappa shape index (κ3) is 5.02. The van der Waals surface area contributed by atoms with E-state index in [9.17, 15) is 4.79 Å². The Morgan fingerprint density at radius 3 is 2.70 bits per heavy atom. The highest BCUT2D eigenvalue weighted by Crippen LogP contribution is 2.20. The molecule has 4 nitrogen and oxygen atoms in total. The molecule has 0 aliphatic carbocycles. The van der Waals surface area contributed by atoms with Crippen LogP contribution < -0.4 is 14.8 Å². The molecule has 1 N–H and O–H groups in total. The van der Waals surface area contributed by atoms with Gasteiger partial charge in [-0.15, -0.1) is 0 Å². The van der Waals surface area contributed by atoms with Crippen LogP contribution in [0.25, 0.3) is 0 Å². The third-order valence-electron chi connectivity index (χ3n) is 3.77. The summed E-state index contributed by atoms with van der Waals surface area (Å²) in [5.74, 6) is 1.60. The first kappa shape index (κ1) is 16.9. The molecule has 0 saturated heterocycles. The molecule has 2 aromatic carbocycles. The van der Waals surface area contributed by atoms with E-state index in [1.165, 1.54) is 5.56 Å². The number of hydrogen-bond donors (Lipinski definition) is 1. The Balaban J connectivity index is 1.76. The summed E-state index contributed by atoms with van der Waals surface area (Å²) in [4.78, 5) is 11.9. The summed E-state index contributed by atoms with van der Waals surface area (Å²) >= 11 is 0. The number of methoxy groups -OCH3 is 1. The van der Waals surface area contributed by atoms with Crippen LogP contribution in [0.1, 0.15) is 23.1 Å². The maximum Gasteiger partial charge on any atom is 0.223 e. The lowest BCUT2D eigenvalue weighted by Crippen LogP contribution is -2.24. The number of amides is 1. The molecule has 0 fully saturated rings. The van der Waals surface area contributed by atoms with E-state index < -0.39 is 0 Å². The van der Waals surface area contributed by atoms with E-state index in [1.54, 1.807) is 7.11 Å². The number of carbonyl (C=O) groups is 1. The fraction of sp³-hybridized carbons (Fsp3) is 0.316. The van der Waals surface area contributed by atoms with E-state index >= 15 is 0 Å². The Hall–Kier alpha value is -2.49. The first-order valence-corrected chi connectivity index (χ1v) is 7.69. The van der Waals surface area contributed by atoms with E-state index in [0.29, 0.717) is 19.6 Å². The van der Waals surface area contributed by atoms with Crippen molar-refractivity contribution in [2.45, 2.75) is 26.8 Å². The number of nitrogens with one attached hydrogen (secondary N) is 1. The number of hydrogen-bond acceptors (Lipinski definition) is 3. The highest BCUT2D eigenvalue weighted by Gasteiger charge is 2.05. The molecular formula is C19H23NO3. The Morgan fingerprint density at radius 1 is 1.13 bits per heavy atom. The van der Waals surface area contributed by atoms with Crippen LogP contribution in [0.3, 0.4) is 0 Å². The van der Waals surface area contributed by atoms with Crippen molar-refractivity contribution in [3.05, 3.63) is 59.2 Å². The predicted octanol–water partition coefficient (Wildman–Crippen LogP) is 3.40. The van der Waals surface area contributed by atoms with Crippen molar-refractivity contribution in [3.8, 4) is 11.5 Å². The van der Waals surface area contributed by atoms with Gasteiger partial charge in [-0.1, -0.05) is 24.3 Å². The largest absolute Gasteiger partial charge is 0.497 e. The molecule has 122 valence electrons. The number of carbonyl (C=O) groups excluding carboxylic acids is 1. The van der Waals surface area contributed by atoms with E-state index in [2.05, 4.69) is 5.32 Å². The molecule has 0 saturated carbocycles. The van der Waals surface area contributed by atoms with Crippen molar-refractivity contribution in [2.24, 2.45) is 0 Å². The quantitative estimate of drug-likeness (QED) is 0.852. The van der Waals surface area contributed by atoms with Gasteiger partial charge in [0.1, 0.15) is 11.5 Å². The van der Waals surface area contributed by atoms with Crippen molar-refractivity contribution in [3.63, 3.8) is 0 Å². The molecule has 0 radical (unpaired) electrons. The van der Waals surface area contributed by atoms with E-state index in [0.717, 1.165) is 22.6 Å². The second-order valence-electron chi connectivity index (χ2n) is 5.42. The first-order chi connectivity index (χ1) is 11.1. The minimum Gasteiger partial charge on any atom is -0.497 e. The maximum absolute atomic E-state index is 11.9. The summed E-state index contributed by atoms with van der Waals surface area (Å²) < 4.78 is 10.9. The molecule has 0 aromatic heterocycles. The number of ether oxygens (including phenoxy) is 2. The van der Waals surface area contributed by atoms with Gasteiger partial charge in [0, 0.05) is 6.54 Å². The zero-order valence-electron chi connectivity index (χ0n) is 13.9. The lowest BCUT2D eigenvalue weighted by molar-refractivity contribution is -0.121. The number of aryl methyl sites for hydroxylation is 1. The minimum atomic E-state index is -0.0295. The Labute approximate surface area is 137 Å². The minimum absolute atomic E-state index is 0.0295. The summed E-state index contributed by atoms with van der Waals surface area (Å²) in [6.07, 6.45) is 0.331. The Morgan fingerprint density at radius 2 is 1.91 bits per heavy atom. The summed E-state index contributed by atoms with van der Waals surface area (Å²) in [6.45, 7) is 4.92. The molecule has 4 heteroatoms. The van der Waals surface area contributed by atoms with E-state index in [1.807, 2.05) is 56.3 Å². The lowest BCUT2D eigenvalue weighted by Gasteiger charge is -2.11. The molecule has 0 heterocycles. The molecule has 23 heavy (non-hydrogen) atoms. The van der Waals surface area contributed by atoms with Crippen LogP contribution in [0.4, 0.5) is 0 Å². The molecular weight excluding hydrogens is 290 g/mol. The molecule has 2 aromatic rings. The summed E-state index contributed by atoms with van der Waals surface area (Å²) in [5, 5.41) is 2.89.